The first-order valence-corrected chi connectivity index (χ1v) is 7.25. The molecule has 18 heavy (non-hydrogen) atoms. The van der Waals surface area contributed by atoms with Crippen LogP contribution < -0.4 is 10.1 Å². The Morgan fingerprint density at radius 3 is 2.72 bits per heavy atom. The zero-order valence-corrected chi connectivity index (χ0v) is 11.7. The van der Waals surface area contributed by atoms with Gasteiger partial charge in [-0.2, -0.15) is 0 Å². The van der Waals surface area contributed by atoms with Crippen molar-refractivity contribution in [3.63, 3.8) is 0 Å². The Bertz CT molecular complexity index is 375. The highest BCUT2D eigenvalue weighted by Crippen LogP contribution is 2.25. The first-order valence-electron chi connectivity index (χ1n) is 7.25. The van der Waals surface area contributed by atoms with Crippen LogP contribution in [0.2, 0.25) is 0 Å². The van der Waals surface area contributed by atoms with Crippen molar-refractivity contribution in [1.82, 2.24) is 5.32 Å². The molecular weight excluding hydrogens is 222 g/mol. The minimum atomic E-state index is 0.464. The van der Waals surface area contributed by atoms with E-state index in [0.717, 1.165) is 12.4 Å². The molecule has 0 fully saturated rings. The molecule has 1 aromatic carbocycles. The standard InChI is InChI=1S/C16H25NO/c1-3-6-15(17-2)12-18-16-10-9-13-7-4-5-8-14(13)11-16/h9-11,15,17H,3-8,12H2,1-2H3. The van der Waals surface area contributed by atoms with Gasteiger partial charge < -0.3 is 10.1 Å². The quantitative estimate of drug-likeness (QED) is 0.832. The van der Waals surface area contributed by atoms with Crippen molar-refractivity contribution >= 4 is 0 Å². The number of benzene rings is 1. The fourth-order valence-corrected chi connectivity index (χ4v) is 2.66. The summed E-state index contributed by atoms with van der Waals surface area (Å²) >= 11 is 0. The molecule has 1 aromatic rings. The highest BCUT2D eigenvalue weighted by molar-refractivity contribution is 5.37. The molecule has 0 aromatic heterocycles. The van der Waals surface area contributed by atoms with Crippen LogP contribution in [0.25, 0.3) is 0 Å². The Balaban J connectivity index is 1.93. The van der Waals surface area contributed by atoms with Crippen LogP contribution in [0.15, 0.2) is 18.2 Å². The molecule has 0 spiro atoms. The molecule has 0 bridgehead atoms. The van der Waals surface area contributed by atoms with Crippen LogP contribution in [-0.2, 0) is 12.8 Å². The van der Waals surface area contributed by atoms with E-state index in [1.165, 1.54) is 49.7 Å². The van der Waals surface area contributed by atoms with Crippen molar-refractivity contribution in [3.05, 3.63) is 29.3 Å². The monoisotopic (exact) mass is 247 g/mol. The maximum atomic E-state index is 5.92. The molecule has 1 aliphatic rings. The number of likely N-dealkylation sites (N-methyl/N-ethyl adjacent to an activating group) is 1. The fraction of sp³-hybridized carbons (Fsp3) is 0.625. The van der Waals surface area contributed by atoms with Gasteiger partial charge in [0.1, 0.15) is 12.4 Å². The van der Waals surface area contributed by atoms with Gasteiger partial charge in [0.15, 0.2) is 0 Å². The van der Waals surface area contributed by atoms with E-state index in [1.807, 2.05) is 7.05 Å². The summed E-state index contributed by atoms with van der Waals surface area (Å²) in [4.78, 5) is 0. The third-order valence-corrected chi connectivity index (χ3v) is 3.82. The molecule has 1 atom stereocenters. The van der Waals surface area contributed by atoms with Crippen LogP contribution in [0.3, 0.4) is 0 Å². The minimum Gasteiger partial charge on any atom is -0.492 e. The average Bonchev–Trinajstić information content (AvgIpc) is 2.43. The average molecular weight is 247 g/mol. The maximum Gasteiger partial charge on any atom is 0.119 e. The van der Waals surface area contributed by atoms with Gasteiger partial charge >= 0.3 is 0 Å². The summed E-state index contributed by atoms with van der Waals surface area (Å²) < 4.78 is 5.92. The van der Waals surface area contributed by atoms with Gasteiger partial charge in [-0.3, -0.25) is 0 Å². The Labute approximate surface area is 111 Å². The molecule has 100 valence electrons. The molecule has 0 heterocycles. The smallest absolute Gasteiger partial charge is 0.119 e. The van der Waals surface area contributed by atoms with Crippen molar-refractivity contribution in [1.29, 1.82) is 0 Å². The zero-order valence-electron chi connectivity index (χ0n) is 11.7. The van der Waals surface area contributed by atoms with Gasteiger partial charge in [0.25, 0.3) is 0 Å². The van der Waals surface area contributed by atoms with Crippen LogP contribution in [0, 0.1) is 0 Å². The van der Waals surface area contributed by atoms with Crippen molar-refractivity contribution < 1.29 is 4.74 Å². The molecule has 2 nitrogen and oxygen atoms in total. The van der Waals surface area contributed by atoms with Crippen LogP contribution in [0.5, 0.6) is 5.75 Å². The van der Waals surface area contributed by atoms with E-state index in [1.54, 1.807) is 0 Å². The lowest BCUT2D eigenvalue weighted by Gasteiger charge is -2.19. The van der Waals surface area contributed by atoms with E-state index >= 15 is 0 Å². The van der Waals surface area contributed by atoms with E-state index in [-0.39, 0.29) is 0 Å². The first kappa shape index (κ1) is 13.4. The second-order valence-electron chi connectivity index (χ2n) is 5.22. The van der Waals surface area contributed by atoms with Crippen molar-refractivity contribution in [3.8, 4) is 5.75 Å². The summed E-state index contributed by atoms with van der Waals surface area (Å²) in [5, 5.41) is 3.31. The normalized spacial score (nSPS) is 16.1. The Morgan fingerprint density at radius 2 is 2.00 bits per heavy atom. The summed E-state index contributed by atoms with van der Waals surface area (Å²) in [6.07, 6.45) is 7.49. The fourth-order valence-electron chi connectivity index (χ4n) is 2.66. The Morgan fingerprint density at radius 1 is 1.22 bits per heavy atom. The largest absolute Gasteiger partial charge is 0.492 e. The van der Waals surface area contributed by atoms with E-state index < -0.39 is 0 Å². The molecule has 2 rings (SSSR count). The van der Waals surface area contributed by atoms with Crippen molar-refractivity contribution in [2.45, 2.75) is 51.5 Å². The topological polar surface area (TPSA) is 21.3 Å². The predicted octanol–water partition coefficient (Wildman–Crippen LogP) is 3.33. The summed E-state index contributed by atoms with van der Waals surface area (Å²) in [5.74, 6) is 1.03. The first-order chi connectivity index (χ1) is 8.83. The van der Waals surface area contributed by atoms with Crippen LogP contribution in [0.4, 0.5) is 0 Å². The number of hydrogen-bond donors (Lipinski definition) is 1. The Hall–Kier alpha value is -1.02. The lowest BCUT2D eigenvalue weighted by atomic mass is 9.92. The van der Waals surface area contributed by atoms with Crippen molar-refractivity contribution in [2.75, 3.05) is 13.7 Å². The Kier molecular flexibility index (Phi) is 5.06. The van der Waals surface area contributed by atoms with Crippen molar-refractivity contribution in [2.24, 2.45) is 0 Å². The molecule has 0 aliphatic heterocycles. The lowest BCUT2D eigenvalue weighted by Crippen LogP contribution is -2.31. The third kappa shape index (κ3) is 3.49. The third-order valence-electron chi connectivity index (χ3n) is 3.82. The van der Waals surface area contributed by atoms with E-state index in [9.17, 15) is 0 Å². The molecule has 1 N–H and O–H groups in total. The molecule has 0 saturated heterocycles. The van der Waals surface area contributed by atoms with E-state index in [4.69, 9.17) is 4.74 Å². The predicted molar refractivity (Wildman–Crippen MR) is 76.3 cm³/mol. The second kappa shape index (κ2) is 6.79. The number of hydrogen-bond acceptors (Lipinski definition) is 2. The molecule has 1 aliphatic carbocycles. The summed E-state index contributed by atoms with van der Waals surface area (Å²) in [5.41, 5.74) is 3.02. The molecule has 1 unspecified atom stereocenters. The minimum absolute atomic E-state index is 0.464. The molecule has 0 radical (unpaired) electrons. The highest BCUT2D eigenvalue weighted by atomic mass is 16.5. The van der Waals surface area contributed by atoms with Gasteiger partial charge in [-0.1, -0.05) is 19.4 Å². The summed E-state index contributed by atoms with van der Waals surface area (Å²) in [6.45, 7) is 2.98. The van der Waals surface area contributed by atoms with E-state index in [0.29, 0.717) is 6.04 Å². The number of nitrogens with one attached hydrogen (secondary N) is 1. The van der Waals surface area contributed by atoms with Crippen LogP contribution in [-0.4, -0.2) is 19.7 Å². The molecule has 0 amide bonds. The molecule has 0 saturated carbocycles. The van der Waals surface area contributed by atoms with Gasteiger partial charge in [-0.15, -0.1) is 0 Å². The van der Waals surface area contributed by atoms with Gasteiger partial charge in [-0.05, 0) is 62.4 Å². The summed E-state index contributed by atoms with van der Waals surface area (Å²) in [7, 11) is 2.01. The van der Waals surface area contributed by atoms with Gasteiger partial charge in [-0.25, -0.2) is 0 Å². The number of aryl methyl sites for hydroxylation is 2. The van der Waals surface area contributed by atoms with Gasteiger partial charge in [0.2, 0.25) is 0 Å². The lowest BCUT2D eigenvalue weighted by molar-refractivity contribution is 0.262. The number of rotatable bonds is 6. The highest BCUT2D eigenvalue weighted by Gasteiger charge is 2.11. The SMILES string of the molecule is CCCC(COc1ccc2c(c1)CCCC2)NC. The molecule has 2 heteroatoms. The maximum absolute atomic E-state index is 5.92. The van der Waals surface area contributed by atoms with E-state index in [2.05, 4.69) is 30.4 Å². The number of fused-ring (bicyclic) bond motifs is 1. The van der Waals surface area contributed by atoms with Gasteiger partial charge in [0, 0.05) is 6.04 Å². The molecular formula is C16H25NO. The summed E-state index contributed by atoms with van der Waals surface area (Å²) in [6, 6.07) is 7.08. The zero-order chi connectivity index (χ0) is 12.8. The van der Waals surface area contributed by atoms with Crippen LogP contribution in [0.1, 0.15) is 43.7 Å². The second-order valence-corrected chi connectivity index (χ2v) is 5.22. The van der Waals surface area contributed by atoms with Gasteiger partial charge in [0.05, 0.1) is 0 Å². The number of ether oxygens (including phenoxy) is 1. The van der Waals surface area contributed by atoms with Crippen LogP contribution >= 0.6 is 0 Å².